The quantitative estimate of drug-likeness (QED) is 0.726. The van der Waals surface area contributed by atoms with Crippen LogP contribution in [-0.2, 0) is 0 Å². The van der Waals surface area contributed by atoms with Crippen LogP contribution in [0, 0.1) is 5.92 Å². The van der Waals surface area contributed by atoms with Gasteiger partial charge in [0.1, 0.15) is 0 Å². The Morgan fingerprint density at radius 2 is 2.17 bits per heavy atom. The molecule has 18 heavy (non-hydrogen) atoms. The summed E-state index contributed by atoms with van der Waals surface area (Å²) in [6, 6.07) is 5.88. The molecule has 0 radical (unpaired) electrons. The molecule has 0 spiro atoms. The predicted octanol–water partition coefficient (Wildman–Crippen LogP) is 4.73. The maximum absolute atomic E-state index is 6.12. The summed E-state index contributed by atoms with van der Waals surface area (Å²) < 4.78 is 0. The Morgan fingerprint density at radius 1 is 1.33 bits per heavy atom. The van der Waals surface area contributed by atoms with Crippen molar-refractivity contribution in [1.29, 1.82) is 0 Å². The van der Waals surface area contributed by atoms with E-state index < -0.39 is 0 Å². The molecule has 1 aromatic carbocycles. The maximum Gasteiger partial charge on any atom is 0.0850 e. The monoisotopic (exact) mass is 258 g/mol. The number of fused-ring (bicyclic) bond motifs is 3. The van der Waals surface area contributed by atoms with E-state index in [-0.39, 0.29) is 0 Å². The molecule has 1 aromatic heterocycles. The van der Waals surface area contributed by atoms with E-state index >= 15 is 0 Å². The number of nitrogens with zero attached hydrogens (tertiary/aromatic N) is 2. The summed E-state index contributed by atoms with van der Waals surface area (Å²) in [7, 11) is 0. The number of pyridine rings is 1. The summed E-state index contributed by atoms with van der Waals surface area (Å²) in [5, 5.41) is 1.91. The zero-order valence-electron chi connectivity index (χ0n) is 10.5. The lowest BCUT2D eigenvalue weighted by atomic mass is 9.82. The van der Waals surface area contributed by atoms with Crippen molar-refractivity contribution in [2.24, 2.45) is 10.9 Å². The highest BCUT2D eigenvalue weighted by Gasteiger charge is 2.23. The van der Waals surface area contributed by atoms with E-state index in [9.17, 15) is 0 Å². The minimum atomic E-state index is 0.501. The van der Waals surface area contributed by atoms with Gasteiger partial charge in [-0.1, -0.05) is 25.4 Å². The molecule has 3 heteroatoms. The number of rotatable bonds is 1. The zero-order chi connectivity index (χ0) is 12.7. The topological polar surface area (TPSA) is 25.2 Å². The summed E-state index contributed by atoms with van der Waals surface area (Å²) in [6.07, 6.45) is 4.87. The molecule has 2 aromatic rings. The second-order valence-corrected chi connectivity index (χ2v) is 5.55. The van der Waals surface area contributed by atoms with Crippen molar-refractivity contribution < 1.29 is 0 Å². The molecule has 1 aliphatic heterocycles. The lowest BCUT2D eigenvalue weighted by molar-refractivity contribution is 0.514. The van der Waals surface area contributed by atoms with E-state index in [1.807, 2.05) is 30.6 Å². The smallest absolute Gasteiger partial charge is 0.0850 e. The van der Waals surface area contributed by atoms with Crippen molar-refractivity contribution in [2.45, 2.75) is 26.2 Å². The Bertz CT molecular complexity index is 632. The molecule has 0 saturated heterocycles. The van der Waals surface area contributed by atoms with Crippen LogP contribution in [0.1, 0.15) is 31.7 Å². The number of aliphatic imine (C=N–C) groups is 1. The van der Waals surface area contributed by atoms with E-state index in [4.69, 9.17) is 11.6 Å². The summed E-state index contributed by atoms with van der Waals surface area (Å²) in [5.74, 6) is 1.08. The fourth-order valence-corrected chi connectivity index (χ4v) is 2.83. The van der Waals surface area contributed by atoms with Crippen LogP contribution in [-0.4, -0.2) is 11.2 Å². The van der Waals surface area contributed by atoms with Gasteiger partial charge in [-0.2, -0.15) is 0 Å². The fraction of sp³-hybridized carbons (Fsp3) is 0.333. The number of aromatic nitrogens is 1. The number of hydrogen-bond acceptors (Lipinski definition) is 2. The average molecular weight is 259 g/mol. The minimum absolute atomic E-state index is 0.501. The predicted molar refractivity (Wildman–Crippen MR) is 77.1 cm³/mol. The second-order valence-electron chi connectivity index (χ2n) is 5.12. The summed E-state index contributed by atoms with van der Waals surface area (Å²) in [6.45, 7) is 4.51. The van der Waals surface area contributed by atoms with Gasteiger partial charge in [0.2, 0.25) is 0 Å². The summed E-state index contributed by atoms with van der Waals surface area (Å²) >= 11 is 6.12. The van der Waals surface area contributed by atoms with E-state index in [0.717, 1.165) is 28.0 Å². The molecule has 1 atom stereocenters. The third kappa shape index (κ3) is 1.81. The van der Waals surface area contributed by atoms with E-state index in [0.29, 0.717) is 11.8 Å². The van der Waals surface area contributed by atoms with Crippen molar-refractivity contribution in [1.82, 2.24) is 4.98 Å². The molecule has 2 heterocycles. The van der Waals surface area contributed by atoms with Crippen LogP contribution in [0.5, 0.6) is 0 Å². The Balaban J connectivity index is 2.34. The van der Waals surface area contributed by atoms with Gasteiger partial charge in [0.15, 0.2) is 0 Å². The molecule has 0 amide bonds. The standard InChI is InChI=1S/C15H15ClN2/c1-9(2)11-5-6-17-14-8-18-13-4-3-10(16)7-12(13)15(11)14/h3-4,6-9,11H,5H2,1-2H3. The third-order valence-corrected chi connectivity index (χ3v) is 3.85. The first-order valence-corrected chi connectivity index (χ1v) is 6.65. The highest BCUT2D eigenvalue weighted by molar-refractivity contribution is 6.31. The van der Waals surface area contributed by atoms with Crippen LogP contribution < -0.4 is 0 Å². The van der Waals surface area contributed by atoms with Crippen molar-refractivity contribution in [3.63, 3.8) is 0 Å². The van der Waals surface area contributed by atoms with Crippen LogP contribution >= 0.6 is 11.6 Å². The van der Waals surface area contributed by atoms with Gasteiger partial charge in [-0.15, -0.1) is 0 Å². The molecule has 92 valence electrons. The molecule has 0 bridgehead atoms. The van der Waals surface area contributed by atoms with Crippen molar-refractivity contribution in [3.05, 3.63) is 35.0 Å². The Morgan fingerprint density at radius 3 is 2.94 bits per heavy atom. The molecule has 0 fully saturated rings. The largest absolute Gasteiger partial charge is 0.259 e. The van der Waals surface area contributed by atoms with Gasteiger partial charge in [0.25, 0.3) is 0 Å². The zero-order valence-corrected chi connectivity index (χ0v) is 11.3. The average Bonchev–Trinajstić information content (AvgIpc) is 2.37. The molecule has 1 aliphatic rings. The van der Waals surface area contributed by atoms with Gasteiger partial charge in [-0.05, 0) is 42.0 Å². The molecule has 1 unspecified atom stereocenters. The van der Waals surface area contributed by atoms with Gasteiger partial charge in [0.05, 0.1) is 17.4 Å². The van der Waals surface area contributed by atoms with E-state index in [1.165, 1.54) is 5.56 Å². The summed E-state index contributed by atoms with van der Waals surface area (Å²) in [4.78, 5) is 8.93. The van der Waals surface area contributed by atoms with Crippen LogP contribution in [0.3, 0.4) is 0 Å². The molecule has 3 rings (SSSR count). The molecule has 2 nitrogen and oxygen atoms in total. The van der Waals surface area contributed by atoms with Gasteiger partial charge >= 0.3 is 0 Å². The Labute approximate surface area is 112 Å². The van der Waals surface area contributed by atoms with Gasteiger partial charge < -0.3 is 0 Å². The summed E-state index contributed by atoms with van der Waals surface area (Å²) in [5.41, 5.74) is 3.30. The molecule has 0 aliphatic carbocycles. The SMILES string of the molecule is CC(C)C1CC=Nc2cnc3ccc(Cl)cc3c21. The first kappa shape index (κ1) is 11.7. The molecule has 0 N–H and O–H groups in total. The highest BCUT2D eigenvalue weighted by Crippen LogP contribution is 2.41. The van der Waals surface area contributed by atoms with Crippen LogP contribution in [0.2, 0.25) is 5.02 Å². The fourth-order valence-electron chi connectivity index (χ4n) is 2.66. The third-order valence-electron chi connectivity index (χ3n) is 3.62. The minimum Gasteiger partial charge on any atom is -0.259 e. The number of hydrogen-bond donors (Lipinski definition) is 0. The molecular weight excluding hydrogens is 244 g/mol. The van der Waals surface area contributed by atoms with Crippen molar-refractivity contribution in [2.75, 3.05) is 0 Å². The molecule has 0 saturated carbocycles. The lowest BCUT2D eigenvalue weighted by Crippen LogP contribution is -2.11. The molecular formula is C15H15ClN2. The normalized spacial score (nSPS) is 18.3. The van der Waals surface area contributed by atoms with E-state index in [2.05, 4.69) is 23.8 Å². The maximum atomic E-state index is 6.12. The van der Waals surface area contributed by atoms with Gasteiger partial charge in [-0.25, -0.2) is 0 Å². The second kappa shape index (κ2) is 4.36. The van der Waals surface area contributed by atoms with Crippen LogP contribution in [0.25, 0.3) is 10.9 Å². The lowest BCUT2D eigenvalue weighted by Gasteiger charge is -2.25. The van der Waals surface area contributed by atoms with Crippen LogP contribution in [0.15, 0.2) is 29.4 Å². The first-order chi connectivity index (χ1) is 8.66. The van der Waals surface area contributed by atoms with E-state index in [1.54, 1.807) is 0 Å². The number of halogens is 1. The Hall–Kier alpha value is -1.41. The van der Waals surface area contributed by atoms with Crippen molar-refractivity contribution >= 4 is 34.4 Å². The van der Waals surface area contributed by atoms with Crippen LogP contribution in [0.4, 0.5) is 5.69 Å². The number of benzene rings is 1. The van der Waals surface area contributed by atoms with Gasteiger partial charge in [-0.3, -0.25) is 9.98 Å². The highest BCUT2D eigenvalue weighted by atomic mass is 35.5. The first-order valence-electron chi connectivity index (χ1n) is 6.27. The Kier molecular flexibility index (Phi) is 2.83. The van der Waals surface area contributed by atoms with Gasteiger partial charge in [0, 0.05) is 16.6 Å². The van der Waals surface area contributed by atoms with Crippen molar-refractivity contribution in [3.8, 4) is 0 Å².